The largest absolute Gasteiger partial charge is 0.460 e. The molecule has 23 heavy (non-hydrogen) atoms. The number of ether oxygens (including phenoxy) is 1. The van der Waals surface area contributed by atoms with Crippen LogP contribution in [-0.4, -0.2) is 29.0 Å². The quantitative estimate of drug-likeness (QED) is 0.470. The van der Waals surface area contributed by atoms with E-state index in [1.165, 1.54) is 12.1 Å². The van der Waals surface area contributed by atoms with Gasteiger partial charge in [-0.05, 0) is 26.8 Å². The van der Waals surface area contributed by atoms with Crippen LogP contribution in [-0.2, 0) is 14.3 Å². The fourth-order valence-electron chi connectivity index (χ4n) is 1.94. The smallest absolute Gasteiger partial charge is 0.306 e. The SMILES string of the molecule is CC(C)(C)OC(=O)CCC(=O)CC(=O)c1ccccc1C(N)=O. The molecule has 0 aliphatic carbocycles. The molecule has 1 aromatic carbocycles. The Balaban J connectivity index is 2.60. The molecule has 0 saturated carbocycles. The average molecular weight is 319 g/mol. The highest BCUT2D eigenvalue weighted by atomic mass is 16.6. The van der Waals surface area contributed by atoms with Crippen molar-refractivity contribution in [2.45, 2.75) is 45.6 Å². The first-order valence-electron chi connectivity index (χ1n) is 7.25. The molecule has 2 N–H and O–H groups in total. The highest BCUT2D eigenvalue weighted by Crippen LogP contribution is 2.13. The minimum atomic E-state index is -0.727. The van der Waals surface area contributed by atoms with Gasteiger partial charge in [-0.15, -0.1) is 0 Å². The van der Waals surface area contributed by atoms with E-state index in [4.69, 9.17) is 10.5 Å². The summed E-state index contributed by atoms with van der Waals surface area (Å²) >= 11 is 0. The van der Waals surface area contributed by atoms with Crippen molar-refractivity contribution in [3.63, 3.8) is 0 Å². The molecule has 0 atom stereocenters. The van der Waals surface area contributed by atoms with Gasteiger partial charge in [0.05, 0.1) is 12.8 Å². The number of primary amides is 1. The van der Waals surface area contributed by atoms with Crippen LogP contribution in [0.3, 0.4) is 0 Å². The van der Waals surface area contributed by atoms with E-state index in [0.717, 1.165) is 0 Å². The lowest BCUT2D eigenvalue weighted by atomic mass is 9.98. The van der Waals surface area contributed by atoms with Gasteiger partial charge >= 0.3 is 5.97 Å². The minimum Gasteiger partial charge on any atom is -0.460 e. The lowest BCUT2D eigenvalue weighted by molar-refractivity contribution is -0.155. The van der Waals surface area contributed by atoms with Gasteiger partial charge in [0.1, 0.15) is 11.4 Å². The number of esters is 1. The first-order chi connectivity index (χ1) is 10.6. The summed E-state index contributed by atoms with van der Waals surface area (Å²) in [7, 11) is 0. The number of rotatable bonds is 7. The zero-order valence-corrected chi connectivity index (χ0v) is 13.5. The van der Waals surface area contributed by atoms with E-state index in [1.54, 1.807) is 32.9 Å². The van der Waals surface area contributed by atoms with Crippen molar-refractivity contribution in [3.05, 3.63) is 35.4 Å². The lowest BCUT2D eigenvalue weighted by Crippen LogP contribution is -2.24. The third kappa shape index (κ3) is 6.42. The molecule has 0 aliphatic heterocycles. The normalized spacial score (nSPS) is 10.9. The van der Waals surface area contributed by atoms with Gasteiger partial charge in [0.2, 0.25) is 5.91 Å². The second kappa shape index (κ2) is 7.67. The second-order valence-electron chi connectivity index (χ2n) is 6.13. The average Bonchev–Trinajstić information content (AvgIpc) is 2.43. The summed E-state index contributed by atoms with van der Waals surface area (Å²) in [4.78, 5) is 46.8. The zero-order valence-electron chi connectivity index (χ0n) is 13.5. The van der Waals surface area contributed by atoms with Crippen LogP contribution in [0.2, 0.25) is 0 Å². The van der Waals surface area contributed by atoms with E-state index in [9.17, 15) is 19.2 Å². The van der Waals surface area contributed by atoms with Gasteiger partial charge in [-0.3, -0.25) is 19.2 Å². The second-order valence-corrected chi connectivity index (χ2v) is 6.13. The number of nitrogens with two attached hydrogens (primary N) is 1. The van der Waals surface area contributed by atoms with E-state index < -0.39 is 23.3 Å². The minimum absolute atomic E-state index is 0.0810. The van der Waals surface area contributed by atoms with E-state index in [-0.39, 0.29) is 36.2 Å². The van der Waals surface area contributed by atoms with Crippen LogP contribution in [0.4, 0.5) is 0 Å². The molecule has 6 nitrogen and oxygen atoms in total. The predicted molar refractivity (Wildman–Crippen MR) is 84.0 cm³/mol. The summed E-state index contributed by atoms with van der Waals surface area (Å²) in [5.74, 6) is -2.10. The van der Waals surface area contributed by atoms with E-state index in [2.05, 4.69) is 0 Å². The Labute approximate surface area is 135 Å². The molecule has 0 aromatic heterocycles. The van der Waals surface area contributed by atoms with Crippen molar-refractivity contribution in [3.8, 4) is 0 Å². The molecule has 0 radical (unpaired) electrons. The van der Waals surface area contributed by atoms with E-state index in [0.29, 0.717) is 0 Å². The van der Waals surface area contributed by atoms with Crippen molar-refractivity contribution in [2.75, 3.05) is 0 Å². The molecular formula is C17H21NO5. The summed E-state index contributed by atoms with van der Waals surface area (Å²) in [6.07, 6.45) is -0.548. The highest BCUT2D eigenvalue weighted by Gasteiger charge is 2.20. The standard InChI is InChI=1S/C17H21NO5/c1-17(2,3)23-15(21)9-8-11(19)10-14(20)12-6-4-5-7-13(12)16(18)22/h4-7H,8-10H2,1-3H3,(H2,18,22). The van der Waals surface area contributed by atoms with Gasteiger partial charge in [0.15, 0.2) is 5.78 Å². The van der Waals surface area contributed by atoms with Crippen molar-refractivity contribution in [1.82, 2.24) is 0 Å². The molecule has 1 rings (SSSR count). The maximum atomic E-state index is 12.1. The zero-order chi connectivity index (χ0) is 17.6. The summed E-state index contributed by atoms with van der Waals surface area (Å²) in [5, 5.41) is 0. The molecule has 0 fully saturated rings. The molecule has 0 aliphatic rings. The molecule has 124 valence electrons. The Morgan fingerprint density at radius 2 is 1.57 bits per heavy atom. The number of hydrogen-bond donors (Lipinski definition) is 1. The van der Waals surface area contributed by atoms with Crippen LogP contribution in [0, 0.1) is 0 Å². The first kappa shape index (κ1) is 18.5. The van der Waals surface area contributed by atoms with Crippen LogP contribution in [0.1, 0.15) is 60.7 Å². The Bertz CT molecular complexity index is 628. The van der Waals surface area contributed by atoms with Crippen molar-refractivity contribution in [1.29, 1.82) is 0 Å². The monoisotopic (exact) mass is 319 g/mol. The van der Waals surface area contributed by atoms with Crippen LogP contribution < -0.4 is 5.73 Å². The first-order valence-corrected chi connectivity index (χ1v) is 7.25. The van der Waals surface area contributed by atoms with Crippen LogP contribution >= 0.6 is 0 Å². The van der Waals surface area contributed by atoms with Gasteiger partial charge in [0, 0.05) is 17.5 Å². The van der Waals surface area contributed by atoms with E-state index in [1.807, 2.05) is 0 Å². The number of carbonyl (C=O) groups excluding carboxylic acids is 4. The van der Waals surface area contributed by atoms with Gasteiger partial charge in [-0.2, -0.15) is 0 Å². The third-order valence-electron chi connectivity index (χ3n) is 2.88. The van der Waals surface area contributed by atoms with Crippen LogP contribution in [0.15, 0.2) is 24.3 Å². The Hall–Kier alpha value is -2.50. The highest BCUT2D eigenvalue weighted by molar-refractivity contribution is 6.13. The van der Waals surface area contributed by atoms with Gasteiger partial charge in [0.25, 0.3) is 0 Å². The van der Waals surface area contributed by atoms with Crippen molar-refractivity contribution < 1.29 is 23.9 Å². The number of hydrogen-bond acceptors (Lipinski definition) is 5. The summed E-state index contributed by atoms with van der Waals surface area (Å²) < 4.78 is 5.09. The molecule has 0 saturated heterocycles. The van der Waals surface area contributed by atoms with Crippen LogP contribution in [0.25, 0.3) is 0 Å². The van der Waals surface area contributed by atoms with Gasteiger partial charge < -0.3 is 10.5 Å². The molecule has 1 aromatic rings. The summed E-state index contributed by atoms with van der Waals surface area (Å²) in [5.41, 5.74) is 4.79. The van der Waals surface area contributed by atoms with Gasteiger partial charge in [-0.25, -0.2) is 0 Å². The molecule has 0 bridgehead atoms. The van der Waals surface area contributed by atoms with Gasteiger partial charge in [-0.1, -0.05) is 18.2 Å². The van der Waals surface area contributed by atoms with Crippen molar-refractivity contribution >= 4 is 23.4 Å². The van der Waals surface area contributed by atoms with E-state index >= 15 is 0 Å². The molecule has 0 spiro atoms. The lowest BCUT2D eigenvalue weighted by Gasteiger charge is -2.19. The third-order valence-corrected chi connectivity index (χ3v) is 2.88. The fraction of sp³-hybridized carbons (Fsp3) is 0.412. The summed E-state index contributed by atoms with van der Waals surface area (Å²) in [6.45, 7) is 5.20. The molecule has 0 heterocycles. The fourth-order valence-corrected chi connectivity index (χ4v) is 1.94. The Morgan fingerprint density at radius 1 is 1.00 bits per heavy atom. The number of Topliss-reactive ketones (excluding diaryl/α,β-unsaturated/α-hetero) is 2. The topological polar surface area (TPSA) is 104 Å². The number of ketones is 2. The Morgan fingerprint density at radius 3 is 2.09 bits per heavy atom. The maximum Gasteiger partial charge on any atom is 0.306 e. The number of amides is 1. The van der Waals surface area contributed by atoms with Crippen LogP contribution in [0.5, 0.6) is 0 Å². The number of carbonyl (C=O) groups is 4. The van der Waals surface area contributed by atoms with Crippen molar-refractivity contribution in [2.24, 2.45) is 5.73 Å². The maximum absolute atomic E-state index is 12.1. The molecular weight excluding hydrogens is 298 g/mol. The summed E-state index contributed by atoms with van der Waals surface area (Å²) in [6, 6.07) is 6.05. The molecule has 0 unspecified atom stereocenters. The Kier molecular flexibility index (Phi) is 6.18. The predicted octanol–water partition coefficient (Wildman–Crippen LogP) is 2.05. The molecule has 1 amide bonds. The molecule has 6 heteroatoms. The number of benzene rings is 1.